The summed E-state index contributed by atoms with van der Waals surface area (Å²) in [6.45, 7) is 3.90. The molecule has 0 radical (unpaired) electrons. The molecule has 0 aromatic carbocycles. The van der Waals surface area contributed by atoms with Crippen molar-refractivity contribution >= 4 is 5.69 Å². The average Bonchev–Trinajstić information content (AvgIpc) is 1.97. The van der Waals surface area contributed by atoms with Gasteiger partial charge in [-0.05, 0) is 25.0 Å². The molecule has 0 amide bonds. The molecule has 0 fully saturated rings. The standard InChI is InChI=1S/C8H12N2O/c1-3-6-4-7(9)8(11)10-5(6)2/h4H,3,9H2,1-2H3,(H,10,11). The Morgan fingerprint density at radius 2 is 2.27 bits per heavy atom. The van der Waals surface area contributed by atoms with E-state index in [0.29, 0.717) is 5.69 Å². The first-order chi connectivity index (χ1) is 5.15. The van der Waals surface area contributed by atoms with Crippen molar-refractivity contribution in [3.05, 3.63) is 27.7 Å². The summed E-state index contributed by atoms with van der Waals surface area (Å²) in [4.78, 5) is 13.6. The average molecular weight is 152 g/mol. The van der Waals surface area contributed by atoms with E-state index in [4.69, 9.17) is 5.73 Å². The molecule has 0 bridgehead atoms. The van der Waals surface area contributed by atoms with Gasteiger partial charge < -0.3 is 10.7 Å². The van der Waals surface area contributed by atoms with Gasteiger partial charge in [-0.25, -0.2) is 0 Å². The summed E-state index contributed by atoms with van der Waals surface area (Å²) in [6.07, 6.45) is 0.896. The highest BCUT2D eigenvalue weighted by Crippen LogP contribution is 2.05. The van der Waals surface area contributed by atoms with Crippen LogP contribution in [0.5, 0.6) is 0 Å². The van der Waals surface area contributed by atoms with Crippen molar-refractivity contribution < 1.29 is 0 Å². The summed E-state index contributed by atoms with van der Waals surface area (Å²) in [5.41, 5.74) is 7.53. The second kappa shape index (κ2) is 2.78. The molecule has 1 aromatic rings. The van der Waals surface area contributed by atoms with Crippen LogP contribution in [0.15, 0.2) is 10.9 Å². The summed E-state index contributed by atoms with van der Waals surface area (Å²) >= 11 is 0. The number of pyridine rings is 1. The van der Waals surface area contributed by atoms with E-state index in [1.807, 2.05) is 13.8 Å². The molecule has 0 unspecified atom stereocenters. The monoisotopic (exact) mass is 152 g/mol. The zero-order valence-corrected chi connectivity index (χ0v) is 6.77. The van der Waals surface area contributed by atoms with Crippen LogP contribution in [-0.4, -0.2) is 4.98 Å². The number of H-pyrrole nitrogens is 1. The first-order valence-corrected chi connectivity index (χ1v) is 3.63. The first-order valence-electron chi connectivity index (χ1n) is 3.63. The summed E-state index contributed by atoms with van der Waals surface area (Å²) in [5.74, 6) is 0. The van der Waals surface area contributed by atoms with Crippen LogP contribution in [0.25, 0.3) is 0 Å². The molecule has 1 rings (SSSR count). The largest absolute Gasteiger partial charge is 0.394 e. The lowest BCUT2D eigenvalue weighted by molar-refractivity contribution is 1.03. The number of aromatic amines is 1. The number of hydrogen-bond donors (Lipinski definition) is 2. The van der Waals surface area contributed by atoms with Crippen LogP contribution in [0.3, 0.4) is 0 Å². The first kappa shape index (κ1) is 7.85. The molecule has 0 aliphatic rings. The molecule has 0 saturated carbocycles. The van der Waals surface area contributed by atoms with Gasteiger partial charge in [-0.1, -0.05) is 6.92 Å². The van der Waals surface area contributed by atoms with Crippen LogP contribution in [0.1, 0.15) is 18.2 Å². The number of rotatable bonds is 1. The van der Waals surface area contributed by atoms with E-state index in [0.717, 1.165) is 17.7 Å². The summed E-state index contributed by atoms with van der Waals surface area (Å²) in [7, 11) is 0. The van der Waals surface area contributed by atoms with Crippen LogP contribution >= 0.6 is 0 Å². The fraction of sp³-hybridized carbons (Fsp3) is 0.375. The molecule has 3 heteroatoms. The molecule has 3 N–H and O–H groups in total. The third-order valence-corrected chi connectivity index (χ3v) is 1.76. The number of nitrogens with one attached hydrogen (secondary N) is 1. The number of nitrogens with two attached hydrogens (primary N) is 1. The number of anilines is 1. The lowest BCUT2D eigenvalue weighted by Crippen LogP contribution is -2.13. The van der Waals surface area contributed by atoms with E-state index in [2.05, 4.69) is 4.98 Å². The Morgan fingerprint density at radius 1 is 1.64 bits per heavy atom. The van der Waals surface area contributed by atoms with Crippen LogP contribution in [0.4, 0.5) is 5.69 Å². The lowest BCUT2D eigenvalue weighted by atomic mass is 10.1. The SMILES string of the molecule is CCc1cc(N)c(=O)[nH]c1C. The van der Waals surface area contributed by atoms with E-state index in [9.17, 15) is 4.79 Å². The summed E-state index contributed by atoms with van der Waals surface area (Å²) in [5, 5.41) is 0. The molecule has 0 saturated heterocycles. The van der Waals surface area contributed by atoms with Crippen molar-refractivity contribution in [3.8, 4) is 0 Å². The van der Waals surface area contributed by atoms with Gasteiger partial charge >= 0.3 is 0 Å². The Kier molecular flexibility index (Phi) is 1.98. The minimum atomic E-state index is -0.195. The Bertz CT molecular complexity index is 314. The van der Waals surface area contributed by atoms with Crippen LogP contribution in [-0.2, 0) is 6.42 Å². The van der Waals surface area contributed by atoms with Gasteiger partial charge in [0.2, 0.25) is 0 Å². The van der Waals surface area contributed by atoms with Crippen molar-refractivity contribution in [3.63, 3.8) is 0 Å². The molecule has 0 aliphatic carbocycles. The van der Waals surface area contributed by atoms with Crippen LogP contribution in [0.2, 0.25) is 0 Å². The third-order valence-electron chi connectivity index (χ3n) is 1.76. The van der Waals surface area contributed by atoms with E-state index in [1.54, 1.807) is 6.07 Å². The van der Waals surface area contributed by atoms with Crippen molar-refractivity contribution in [2.45, 2.75) is 20.3 Å². The molecular formula is C8H12N2O. The number of nitrogen functional groups attached to an aromatic ring is 1. The second-order valence-corrected chi connectivity index (χ2v) is 2.56. The van der Waals surface area contributed by atoms with Crippen molar-refractivity contribution in [1.29, 1.82) is 0 Å². The van der Waals surface area contributed by atoms with Gasteiger partial charge in [0.15, 0.2) is 0 Å². The van der Waals surface area contributed by atoms with Gasteiger partial charge in [0, 0.05) is 5.69 Å². The lowest BCUT2D eigenvalue weighted by Gasteiger charge is -2.02. The van der Waals surface area contributed by atoms with Gasteiger partial charge in [-0.3, -0.25) is 4.79 Å². The van der Waals surface area contributed by atoms with Gasteiger partial charge in [-0.15, -0.1) is 0 Å². The fourth-order valence-corrected chi connectivity index (χ4v) is 1.05. The topological polar surface area (TPSA) is 58.9 Å². The highest BCUT2D eigenvalue weighted by Gasteiger charge is 1.99. The minimum Gasteiger partial charge on any atom is -0.394 e. The zero-order chi connectivity index (χ0) is 8.43. The van der Waals surface area contributed by atoms with Crippen molar-refractivity contribution in [2.24, 2.45) is 0 Å². The van der Waals surface area contributed by atoms with Gasteiger partial charge in [-0.2, -0.15) is 0 Å². The highest BCUT2D eigenvalue weighted by molar-refractivity contribution is 5.39. The van der Waals surface area contributed by atoms with Crippen molar-refractivity contribution in [1.82, 2.24) is 4.98 Å². The quantitative estimate of drug-likeness (QED) is 0.626. The highest BCUT2D eigenvalue weighted by atomic mass is 16.1. The fourth-order valence-electron chi connectivity index (χ4n) is 1.05. The maximum atomic E-state index is 10.9. The third kappa shape index (κ3) is 1.42. The van der Waals surface area contributed by atoms with E-state index in [-0.39, 0.29) is 5.56 Å². The number of aromatic nitrogens is 1. The smallest absolute Gasteiger partial charge is 0.271 e. The second-order valence-electron chi connectivity index (χ2n) is 2.56. The van der Waals surface area contributed by atoms with E-state index < -0.39 is 0 Å². The molecule has 60 valence electrons. The molecule has 1 heterocycles. The molecular weight excluding hydrogens is 140 g/mol. The Labute approximate surface area is 65.2 Å². The number of aryl methyl sites for hydroxylation is 2. The molecule has 1 aromatic heterocycles. The molecule has 0 spiro atoms. The van der Waals surface area contributed by atoms with Gasteiger partial charge in [0.25, 0.3) is 5.56 Å². The zero-order valence-electron chi connectivity index (χ0n) is 6.77. The molecule has 3 nitrogen and oxygen atoms in total. The molecule has 0 aliphatic heterocycles. The number of hydrogen-bond acceptors (Lipinski definition) is 2. The maximum Gasteiger partial charge on any atom is 0.271 e. The van der Waals surface area contributed by atoms with E-state index in [1.165, 1.54) is 0 Å². The Hall–Kier alpha value is -1.25. The molecule has 0 atom stereocenters. The van der Waals surface area contributed by atoms with Crippen molar-refractivity contribution in [2.75, 3.05) is 5.73 Å². The Balaban J connectivity index is 3.32. The van der Waals surface area contributed by atoms with Gasteiger partial charge in [0.05, 0.1) is 5.69 Å². The maximum absolute atomic E-state index is 10.9. The predicted octanol–water partition coefficient (Wildman–Crippen LogP) is 0.828. The summed E-state index contributed by atoms with van der Waals surface area (Å²) < 4.78 is 0. The van der Waals surface area contributed by atoms with Crippen LogP contribution in [0, 0.1) is 6.92 Å². The predicted molar refractivity (Wildman–Crippen MR) is 45.6 cm³/mol. The summed E-state index contributed by atoms with van der Waals surface area (Å²) in [6, 6.07) is 1.73. The molecule has 11 heavy (non-hydrogen) atoms. The van der Waals surface area contributed by atoms with Crippen LogP contribution < -0.4 is 11.3 Å². The van der Waals surface area contributed by atoms with Gasteiger partial charge in [0.1, 0.15) is 0 Å². The van der Waals surface area contributed by atoms with E-state index >= 15 is 0 Å². The minimum absolute atomic E-state index is 0.195. The normalized spacial score (nSPS) is 10.0. The Morgan fingerprint density at radius 3 is 2.82 bits per heavy atom.